The maximum Gasteiger partial charge on any atom is 0.0709 e. The van der Waals surface area contributed by atoms with Crippen molar-refractivity contribution in [2.24, 2.45) is 0 Å². The van der Waals surface area contributed by atoms with Gasteiger partial charge in [0.2, 0.25) is 0 Å². The molecule has 0 bridgehead atoms. The van der Waals surface area contributed by atoms with Crippen LogP contribution in [0.3, 0.4) is 0 Å². The Morgan fingerprint density at radius 2 is 0.769 bits per heavy atom. The second kappa shape index (κ2) is 7.62. The van der Waals surface area contributed by atoms with Crippen molar-refractivity contribution in [3.63, 3.8) is 0 Å². The SMILES string of the molecule is c1ccc(-c2ccccc2)cc1.c1ccc2nc3ccccc3cc2c1. The average molecular weight is 333 g/mol. The van der Waals surface area contributed by atoms with E-state index < -0.39 is 0 Å². The summed E-state index contributed by atoms with van der Waals surface area (Å²) in [5.41, 5.74) is 4.67. The highest BCUT2D eigenvalue weighted by Gasteiger charge is 1.96. The zero-order valence-corrected chi connectivity index (χ0v) is 14.4. The number of fused-ring (bicyclic) bond motifs is 2. The third-order valence-electron chi connectivity index (χ3n) is 4.31. The molecule has 0 spiro atoms. The maximum atomic E-state index is 4.58. The second-order valence-electron chi connectivity index (χ2n) is 6.11. The van der Waals surface area contributed by atoms with Gasteiger partial charge in [-0.05, 0) is 29.3 Å². The number of aromatic nitrogens is 1. The predicted octanol–water partition coefficient (Wildman–Crippen LogP) is 6.74. The highest BCUT2D eigenvalue weighted by molar-refractivity contribution is 5.92. The quantitative estimate of drug-likeness (QED) is 0.309. The summed E-state index contributed by atoms with van der Waals surface area (Å²) in [5, 5.41) is 2.40. The third kappa shape index (κ3) is 3.62. The fourth-order valence-electron chi connectivity index (χ4n) is 2.98. The molecule has 0 saturated heterocycles. The summed E-state index contributed by atoms with van der Waals surface area (Å²) in [5.74, 6) is 0. The zero-order chi connectivity index (χ0) is 17.6. The number of pyridine rings is 1. The van der Waals surface area contributed by atoms with E-state index in [1.807, 2.05) is 48.5 Å². The Kier molecular flexibility index (Phi) is 4.70. The molecule has 0 unspecified atom stereocenters. The van der Waals surface area contributed by atoms with Gasteiger partial charge in [0.1, 0.15) is 0 Å². The van der Waals surface area contributed by atoms with E-state index in [-0.39, 0.29) is 0 Å². The summed E-state index contributed by atoms with van der Waals surface area (Å²) in [6, 6.07) is 39.3. The third-order valence-corrected chi connectivity index (χ3v) is 4.31. The van der Waals surface area contributed by atoms with Crippen LogP contribution in [0, 0.1) is 0 Å². The molecule has 0 aliphatic heterocycles. The number of rotatable bonds is 1. The summed E-state index contributed by atoms with van der Waals surface area (Å²) in [7, 11) is 0. The van der Waals surface area contributed by atoms with Gasteiger partial charge < -0.3 is 0 Å². The number of benzene rings is 4. The van der Waals surface area contributed by atoms with Crippen molar-refractivity contribution in [3.8, 4) is 11.1 Å². The first-order chi connectivity index (χ1) is 12.9. The Morgan fingerprint density at radius 3 is 1.23 bits per heavy atom. The van der Waals surface area contributed by atoms with Crippen molar-refractivity contribution in [2.45, 2.75) is 0 Å². The molecule has 5 rings (SSSR count). The maximum absolute atomic E-state index is 4.58. The standard InChI is InChI=1S/C13H9N.C12H10/c1-3-7-12-10(5-1)9-11-6-2-4-8-13(11)14-12;1-3-7-11(8-4-1)12-9-5-2-6-10-12/h1-9H;1-10H. The van der Waals surface area contributed by atoms with Crippen molar-refractivity contribution in [2.75, 3.05) is 0 Å². The van der Waals surface area contributed by atoms with E-state index in [4.69, 9.17) is 0 Å². The van der Waals surface area contributed by atoms with Crippen LogP contribution in [0.1, 0.15) is 0 Å². The van der Waals surface area contributed by atoms with Gasteiger partial charge in [0, 0.05) is 10.8 Å². The molecule has 4 aromatic carbocycles. The lowest BCUT2D eigenvalue weighted by Gasteiger charge is -1.99. The van der Waals surface area contributed by atoms with Crippen molar-refractivity contribution in [1.82, 2.24) is 4.98 Å². The normalized spacial score (nSPS) is 10.3. The first kappa shape index (κ1) is 16.0. The van der Waals surface area contributed by atoms with Gasteiger partial charge in [0.05, 0.1) is 11.0 Å². The van der Waals surface area contributed by atoms with E-state index in [2.05, 4.69) is 71.7 Å². The van der Waals surface area contributed by atoms with E-state index >= 15 is 0 Å². The van der Waals surface area contributed by atoms with E-state index in [1.165, 1.54) is 21.9 Å². The van der Waals surface area contributed by atoms with Crippen LogP contribution in [0.5, 0.6) is 0 Å². The Bertz CT molecular complexity index is 973. The molecule has 1 heteroatoms. The van der Waals surface area contributed by atoms with E-state index in [0.29, 0.717) is 0 Å². The van der Waals surface area contributed by atoms with Gasteiger partial charge >= 0.3 is 0 Å². The molecule has 5 aromatic rings. The van der Waals surface area contributed by atoms with Crippen molar-refractivity contribution in [1.29, 1.82) is 0 Å². The van der Waals surface area contributed by atoms with Crippen LogP contribution in [-0.4, -0.2) is 4.98 Å². The molecule has 0 aliphatic carbocycles. The van der Waals surface area contributed by atoms with Crippen LogP contribution in [0.4, 0.5) is 0 Å². The molecular weight excluding hydrogens is 314 g/mol. The average Bonchev–Trinajstić information content (AvgIpc) is 2.74. The van der Waals surface area contributed by atoms with Crippen molar-refractivity contribution in [3.05, 3.63) is 115 Å². The molecule has 1 nitrogen and oxygen atoms in total. The summed E-state index contributed by atoms with van der Waals surface area (Å²) < 4.78 is 0. The molecule has 0 N–H and O–H groups in total. The number of para-hydroxylation sites is 2. The van der Waals surface area contributed by atoms with Crippen LogP contribution in [0.2, 0.25) is 0 Å². The van der Waals surface area contributed by atoms with Crippen LogP contribution in [0.15, 0.2) is 115 Å². The van der Waals surface area contributed by atoms with E-state index in [0.717, 1.165) is 11.0 Å². The van der Waals surface area contributed by atoms with Gasteiger partial charge in [0.25, 0.3) is 0 Å². The van der Waals surface area contributed by atoms with Gasteiger partial charge in [-0.25, -0.2) is 4.98 Å². The molecule has 0 radical (unpaired) electrons. The summed E-state index contributed by atoms with van der Waals surface area (Å²) in [6.45, 7) is 0. The van der Waals surface area contributed by atoms with Gasteiger partial charge in [0.15, 0.2) is 0 Å². The molecule has 0 saturated carbocycles. The second-order valence-corrected chi connectivity index (χ2v) is 6.11. The van der Waals surface area contributed by atoms with Crippen molar-refractivity contribution < 1.29 is 0 Å². The fraction of sp³-hybridized carbons (Fsp3) is 0. The van der Waals surface area contributed by atoms with E-state index in [1.54, 1.807) is 0 Å². The summed E-state index contributed by atoms with van der Waals surface area (Å²) >= 11 is 0. The molecular formula is C25H19N. The number of hydrogen-bond donors (Lipinski definition) is 0. The lowest BCUT2D eigenvalue weighted by atomic mass is 10.1. The summed E-state index contributed by atoms with van der Waals surface area (Å²) in [4.78, 5) is 4.58. The van der Waals surface area contributed by atoms with Crippen LogP contribution >= 0.6 is 0 Å². The largest absolute Gasteiger partial charge is 0.248 e. The van der Waals surface area contributed by atoms with Gasteiger partial charge in [-0.2, -0.15) is 0 Å². The molecule has 124 valence electrons. The highest BCUT2D eigenvalue weighted by atomic mass is 14.7. The first-order valence-corrected chi connectivity index (χ1v) is 8.75. The number of nitrogens with zero attached hydrogens (tertiary/aromatic N) is 1. The molecule has 1 heterocycles. The molecule has 0 aliphatic rings. The van der Waals surface area contributed by atoms with E-state index in [9.17, 15) is 0 Å². The molecule has 26 heavy (non-hydrogen) atoms. The first-order valence-electron chi connectivity index (χ1n) is 8.75. The van der Waals surface area contributed by atoms with Crippen LogP contribution < -0.4 is 0 Å². The minimum Gasteiger partial charge on any atom is -0.248 e. The molecule has 0 atom stereocenters. The smallest absolute Gasteiger partial charge is 0.0709 e. The highest BCUT2D eigenvalue weighted by Crippen LogP contribution is 2.19. The van der Waals surface area contributed by atoms with Gasteiger partial charge in [-0.1, -0.05) is 97.1 Å². The molecule has 1 aromatic heterocycles. The lowest BCUT2D eigenvalue weighted by molar-refractivity contribution is 1.50. The Morgan fingerprint density at radius 1 is 0.385 bits per heavy atom. The zero-order valence-electron chi connectivity index (χ0n) is 14.4. The van der Waals surface area contributed by atoms with Crippen LogP contribution in [0.25, 0.3) is 32.9 Å². The van der Waals surface area contributed by atoms with Crippen molar-refractivity contribution >= 4 is 21.8 Å². The van der Waals surface area contributed by atoms with Gasteiger partial charge in [-0.15, -0.1) is 0 Å². The topological polar surface area (TPSA) is 12.9 Å². The fourth-order valence-corrected chi connectivity index (χ4v) is 2.98. The number of hydrogen-bond acceptors (Lipinski definition) is 1. The monoisotopic (exact) mass is 333 g/mol. The minimum absolute atomic E-state index is 1.06. The molecule has 0 amide bonds. The Labute approximate surface area is 153 Å². The minimum atomic E-state index is 1.06. The predicted molar refractivity (Wildman–Crippen MR) is 111 cm³/mol. The Balaban J connectivity index is 0.000000131. The summed E-state index contributed by atoms with van der Waals surface area (Å²) in [6.07, 6.45) is 0. The molecule has 0 fully saturated rings. The van der Waals surface area contributed by atoms with Crippen LogP contribution in [-0.2, 0) is 0 Å². The lowest BCUT2D eigenvalue weighted by Crippen LogP contribution is -1.80. The Hall–Kier alpha value is -3.45. The van der Waals surface area contributed by atoms with Gasteiger partial charge in [-0.3, -0.25) is 0 Å².